The molecule has 2 amide bonds. The smallest absolute Gasteiger partial charge is 0.242 e. The predicted molar refractivity (Wildman–Crippen MR) is 130 cm³/mol. The summed E-state index contributed by atoms with van der Waals surface area (Å²) in [6.07, 6.45) is 5.07. The van der Waals surface area contributed by atoms with E-state index in [2.05, 4.69) is 44.6 Å². The van der Waals surface area contributed by atoms with Crippen molar-refractivity contribution in [2.75, 3.05) is 18.0 Å². The highest BCUT2D eigenvalue weighted by Crippen LogP contribution is 2.35. The number of thiophene rings is 1. The molecule has 1 saturated heterocycles. The number of aromatic nitrogens is 3. The van der Waals surface area contributed by atoms with E-state index in [1.165, 1.54) is 10.4 Å². The zero-order chi connectivity index (χ0) is 22.9. The number of hydrogen-bond acceptors (Lipinski definition) is 6. The molecule has 5 rings (SSSR count). The van der Waals surface area contributed by atoms with Crippen LogP contribution in [0.1, 0.15) is 28.8 Å². The summed E-state index contributed by atoms with van der Waals surface area (Å²) in [5, 5.41) is 2.13. The minimum absolute atomic E-state index is 0.141. The van der Waals surface area contributed by atoms with Crippen LogP contribution in [0.4, 0.5) is 5.82 Å². The van der Waals surface area contributed by atoms with Gasteiger partial charge >= 0.3 is 0 Å². The van der Waals surface area contributed by atoms with E-state index in [4.69, 9.17) is 0 Å². The SMILES string of the molecule is Cc1sc2ncnc(N3CCC(C(=O)NNC(=O)Cc4c[nH]c5ccccc45)CC3)c2c1C. The highest BCUT2D eigenvalue weighted by atomic mass is 32.1. The van der Waals surface area contributed by atoms with E-state index < -0.39 is 0 Å². The first kappa shape index (κ1) is 21.4. The van der Waals surface area contributed by atoms with Crippen LogP contribution in [-0.4, -0.2) is 39.9 Å². The number of amides is 2. The number of para-hydroxylation sites is 1. The molecule has 1 aromatic carbocycles. The Kier molecular flexibility index (Phi) is 5.72. The lowest BCUT2D eigenvalue weighted by molar-refractivity contribution is -0.131. The number of nitrogens with one attached hydrogen (secondary N) is 3. The summed E-state index contributed by atoms with van der Waals surface area (Å²) in [4.78, 5) is 41.7. The molecule has 0 saturated carbocycles. The van der Waals surface area contributed by atoms with Gasteiger partial charge in [-0.05, 0) is 43.9 Å². The number of carbonyl (C=O) groups is 2. The van der Waals surface area contributed by atoms with Gasteiger partial charge in [-0.25, -0.2) is 9.97 Å². The molecule has 4 heterocycles. The molecule has 33 heavy (non-hydrogen) atoms. The first-order valence-electron chi connectivity index (χ1n) is 11.1. The fourth-order valence-corrected chi connectivity index (χ4v) is 5.48. The van der Waals surface area contributed by atoms with Crippen LogP contribution >= 0.6 is 11.3 Å². The third-order valence-electron chi connectivity index (χ3n) is 6.46. The summed E-state index contributed by atoms with van der Waals surface area (Å²) in [5.41, 5.74) is 8.31. The van der Waals surface area contributed by atoms with Gasteiger partial charge in [0.15, 0.2) is 0 Å². The van der Waals surface area contributed by atoms with Gasteiger partial charge in [-0.2, -0.15) is 0 Å². The Morgan fingerprint density at radius 3 is 2.76 bits per heavy atom. The van der Waals surface area contributed by atoms with Gasteiger partial charge in [0.25, 0.3) is 0 Å². The predicted octanol–water partition coefficient (Wildman–Crippen LogP) is 3.40. The largest absolute Gasteiger partial charge is 0.361 e. The molecule has 1 fully saturated rings. The Morgan fingerprint density at radius 2 is 1.94 bits per heavy atom. The van der Waals surface area contributed by atoms with Crippen molar-refractivity contribution in [2.24, 2.45) is 5.92 Å². The van der Waals surface area contributed by atoms with Gasteiger partial charge in [-0.15, -0.1) is 11.3 Å². The number of anilines is 1. The maximum atomic E-state index is 12.7. The number of benzene rings is 1. The van der Waals surface area contributed by atoms with Crippen molar-refractivity contribution in [3.8, 4) is 0 Å². The zero-order valence-corrected chi connectivity index (χ0v) is 19.5. The second-order valence-corrected chi connectivity index (χ2v) is 9.70. The maximum absolute atomic E-state index is 12.7. The molecule has 0 radical (unpaired) electrons. The van der Waals surface area contributed by atoms with Crippen LogP contribution in [0.5, 0.6) is 0 Å². The molecular weight excluding hydrogens is 436 g/mol. The molecule has 8 nitrogen and oxygen atoms in total. The van der Waals surface area contributed by atoms with Crippen LogP contribution in [0.15, 0.2) is 36.8 Å². The minimum atomic E-state index is -0.239. The summed E-state index contributed by atoms with van der Waals surface area (Å²) in [5.74, 6) is 0.430. The maximum Gasteiger partial charge on any atom is 0.242 e. The highest BCUT2D eigenvalue weighted by molar-refractivity contribution is 7.18. The van der Waals surface area contributed by atoms with E-state index in [-0.39, 0.29) is 24.2 Å². The lowest BCUT2D eigenvalue weighted by atomic mass is 9.96. The first-order valence-corrected chi connectivity index (χ1v) is 11.9. The van der Waals surface area contributed by atoms with E-state index in [1.807, 2.05) is 30.5 Å². The molecule has 0 spiro atoms. The van der Waals surface area contributed by atoms with Gasteiger partial charge in [0.1, 0.15) is 17.0 Å². The van der Waals surface area contributed by atoms with Crippen molar-refractivity contribution in [2.45, 2.75) is 33.1 Å². The van der Waals surface area contributed by atoms with Crippen molar-refractivity contribution in [1.82, 2.24) is 25.8 Å². The zero-order valence-electron chi connectivity index (χ0n) is 18.6. The highest BCUT2D eigenvalue weighted by Gasteiger charge is 2.27. The number of carbonyl (C=O) groups excluding carboxylic acids is 2. The number of H-pyrrole nitrogens is 1. The van der Waals surface area contributed by atoms with Crippen molar-refractivity contribution >= 4 is 50.1 Å². The van der Waals surface area contributed by atoms with Crippen molar-refractivity contribution in [3.63, 3.8) is 0 Å². The van der Waals surface area contributed by atoms with Crippen LogP contribution in [0.2, 0.25) is 0 Å². The topological polar surface area (TPSA) is 103 Å². The Balaban J connectivity index is 1.16. The second-order valence-electron chi connectivity index (χ2n) is 8.50. The molecule has 3 aromatic heterocycles. The molecule has 3 N–H and O–H groups in total. The summed E-state index contributed by atoms with van der Waals surface area (Å²) >= 11 is 1.69. The number of hydrogen-bond donors (Lipinski definition) is 3. The summed E-state index contributed by atoms with van der Waals surface area (Å²) in [7, 11) is 0. The number of piperidine rings is 1. The van der Waals surface area contributed by atoms with Crippen molar-refractivity contribution < 1.29 is 9.59 Å². The van der Waals surface area contributed by atoms with Crippen molar-refractivity contribution in [1.29, 1.82) is 0 Å². The van der Waals surface area contributed by atoms with E-state index >= 15 is 0 Å². The quantitative estimate of drug-likeness (QED) is 0.404. The van der Waals surface area contributed by atoms with Gasteiger partial charge in [0.05, 0.1) is 11.8 Å². The van der Waals surface area contributed by atoms with Crippen molar-refractivity contribution in [3.05, 3.63) is 52.8 Å². The van der Waals surface area contributed by atoms with Crippen LogP contribution in [0.3, 0.4) is 0 Å². The Morgan fingerprint density at radius 1 is 1.15 bits per heavy atom. The molecule has 4 aromatic rings. The Labute approximate surface area is 195 Å². The molecule has 170 valence electrons. The average Bonchev–Trinajstić information content (AvgIpc) is 3.37. The number of hydrazine groups is 1. The van der Waals surface area contributed by atoms with Gasteiger partial charge in [-0.3, -0.25) is 20.4 Å². The molecule has 1 aliphatic heterocycles. The van der Waals surface area contributed by atoms with E-state index in [1.54, 1.807) is 17.7 Å². The number of aromatic amines is 1. The normalized spacial score (nSPS) is 14.7. The summed E-state index contributed by atoms with van der Waals surface area (Å²) in [6, 6.07) is 7.84. The fourth-order valence-electron chi connectivity index (χ4n) is 4.49. The minimum Gasteiger partial charge on any atom is -0.361 e. The standard InChI is InChI=1S/C24H26N6O2S/c1-14-15(2)33-24-21(14)22(26-13-27-24)30-9-7-16(8-10-30)23(32)29-28-20(31)11-17-12-25-19-6-4-3-5-18(17)19/h3-6,12-13,16,25H,7-11H2,1-2H3,(H,28,31)(H,29,32). The Bertz CT molecular complexity index is 1340. The molecule has 0 atom stereocenters. The molecule has 0 bridgehead atoms. The summed E-state index contributed by atoms with van der Waals surface area (Å²) < 4.78 is 0. The number of rotatable bonds is 4. The third-order valence-corrected chi connectivity index (χ3v) is 7.58. The van der Waals surface area contributed by atoms with Crippen LogP contribution < -0.4 is 15.8 Å². The van der Waals surface area contributed by atoms with Crippen LogP contribution in [0.25, 0.3) is 21.1 Å². The number of nitrogens with zero attached hydrogens (tertiary/aromatic N) is 3. The third kappa shape index (κ3) is 4.16. The molecule has 0 unspecified atom stereocenters. The molecule has 1 aliphatic rings. The number of aryl methyl sites for hydroxylation is 2. The van der Waals surface area contributed by atoms with Crippen LogP contribution in [-0.2, 0) is 16.0 Å². The van der Waals surface area contributed by atoms with Gasteiger partial charge in [0.2, 0.25) is 11.8 Å². The Hall–Kier alpha value is -3.46. The van der Waals surface area contributed by atoms with E-state index in [9.17, 15) is 9.59 Å². The van der Waals surface area contributed by atoms with Crippen LogP contribution in [0, 0.1) is 19.8 Å². The monoisotopic (exact) mass is 462 g/mol. The van der Waals surface area contributed by atoms with E-state index in [0.29, 0.717) is 12.8 Å². The van der Waals surface area contributed by atoms with Gasteiger partial charge in [-0.1, -0.05) is 18.2 Å². The lowest BCUT2D eigenvalue weighted by Gasteiger charge is -2.32. The average molecular weight is 463 g/mol. The summed E-state index contributed by atoms with van der Waals surface area (Å²) in [6.45, 7) is 5.69. The second kappa shape index (κ2) is 8.82. The number of fused-ring (bicyclic) bond motifs is 2. The van der Waals surface area contributed by atoms with Gasteiger partial charge < -0.3 is 9.88 Å². The lowest BCUT2D eigenvalue weighted by Crippen LogP contribution is -2.48. The molecular formula is C24H26N6O2S. The fraction of sp³-hybridized carbons (Fsp3) is 0.333. The van der Waals surface area contributed by atoms with E-state index in [0.717, 1.165) is 45.6 Å². The van der Waals surface area contributed by atoms with Gasteiger partial charge in [0, 0.05) is 41.0 Å². The molecule has 9 heteroatoms. The molecule has 0 aliphatic carbocycles. The first-order chi connectivity index (χ1) is 16.0.